The molecule has 230 valence electrons. The van der Waals surface area contributed by atoms with Gasteiger partial charge in [0.15, 0.2) is 12.2 Å². The third-order valence-corrected chi connectivity index (χ3v) is 9.60. The van der Waals surface area contributed by atoms with Crippen molar-refractivity contribution >= 4 is 80.5 Å². The molecule has 2 atom stereocenters. The lowest BCUT2D eigenvalue weighted by atomic mass is 10.0. The van der Waals surface area contributed by atoms with E-state index in [9.17, 15) is 0 Å². The van der Waals surface area contributed by atoms with E-state index in [1.54, 1.807) is 12.5 Å². The Morgan fingerprint density at radius 3 is 1.27 bits per heavy atom. The summed E-state index contributed by atoms with van der Waals surface area (Å²) < 4.78 is 12.2. The van der Waals surface area contributed by atoms with Crippen LogP contribution in [0.4, 0.5) is 0 Å². The summed E-state index contributed by atoms with van der Waals surface area (Å²) in [7, 11) is 0. The second-order valence-electron chi connectivity index (χ2n) is 11.8. The fraction of sp³-hybridized carbons (Fsp3) is 0.0500. The Morgan fingerprint density at radius 2 is 0.854 bits per heavy atom. The summed E-state index contributed by atoms with van der Waals surface area (Å²) in [5, 5.41) is 0. The smallest absolute Gasteiger partial charge is 0.162 e. The van der Waals surface area contributed by atoms with Gasteiger partial charge in [0.05, 0.1) is 45.0 Å². The van der Waals surface area contributed by atoms with E-state index in [0.717, 1.165) is 78.2 Å². The zero-order valence-corrected chi connectivity index (χ0v) is 27.0. The largest absolute Gasteiger partial charge is 0.488 e. The summed E-state index contributed by atoms with van der Waals surface area (Å²) in [5.41, 5.74) is 12.5. The van der Waals surface area contributed by atoms with Gasteiger partial charge in [-0.15, -0.1) is 0 Å². The van der Waals surface area contributed by atoms with Crippen molar-refractivity contribution in [3.63, 3.8) is 0 Å². The van der Waals surface area contributed by atoms with Gasteiger partial charge in [-0.05, 0) is 71.8 Å². The number of rotatable bonds is 4. The van der Waals surface area contributed by atoms with Crippen molar-refractivity contribution in [3.8, 4) is 22.3 Å². The molecule has 0 radical (unpaired) electrons. The van der Waals surface area contributed by atoms with Gasteiger partial charge < -0.3 is 19.4 Å². The molecule has 3 aromatic heterocycles. The Labute approximate surface area is 286 Å². The molecule has 0 saturated heterocycles. The van der Waals surface area contributed by atoms with E-state index in [2.05, 4.69) is 70.7 Å². The standard InChI is InChI=1S/C40H26N4O2S2/c47-33-19-21-45-39(33)37-29-15-13-27(42-29)35(23-7-3-1-4-8-23)25-11-12-26(41-25)36(24-9-5-2-6-10-24)28-14-16-30(43-28)38(32-18-17-31(37)44-32)40-34(48)20-22-46-40/h1-22,39-40,42-43H. The summed E-state index contributed by atoms with van der Waals surface area (Å²) in [4.78, 5) is 19.3. The zero-order valence-electron chi connectivity index (χ0n) is 25.4. The Balaban J connectivity index is 1.46. The Morgan fingerprint density at radius 1 is 0.458 bits per heavy atom. The quantitative estimate of drug-likeness (QED) is 0.183. The van der Waals surface area contributed by atoms with E-state index in [4.69, 9.17) is 43.9 Å². The molecule has 8 bridgehead atoms. The maximum Gasteiger partial charge on any atom is 0.162 e. The minimum absolute atomic E-state index is 0.481. The third kappa shape index (κ3) is 4.76. The van der Waals surface area contributed by atoms with E-state index < -0.39 is 12.2 Å². The van der Waals surface area contributed by atoms with Crippen LogP contribution in [0.1, 0.15) is 46.1 Å². The summed E-state index contributed by atoms with van der Waals surface area (Å²) >= 11 is 11.5. The molecule has 5 aromatic rings. The van der Waals surface area contributed by atoms with Crippen LogP contribution in [0, 0.1) is 0 Å². The molecule has 2 N–H and O–H groups in total. The van der Waals surface area contributed by atoms with Crippen molar-refractivity contribution in [3.05, 3.63) is 144 Å². The first-order valence-electron chi connectivity index (χ1n) is 15.6. The lowest BCUT2D eigenvalue weighted by Crippen LogP contribution is -2.08. The average Bonchev–Trinajstić information content (AvgIpc) is 3.96. The van der Waals surface area contributed by atoms with Gasteiger partial charge in [-0.2, -0.15) is 0 Å². The Bertz CT molecular complexity index is 2290. The van der Waals surface area contributed by atoms with Crippen molar-refractivity contribution < 1.29 is 9.47 Å². The normalized spacial score (nSPS) is 17.7. The minimum atomic E-state index is -0.481. The average molecular weight is 659 g/mol. The summed E-state index contributed by atoms with van der Waals surface area (Å²) in [6, 6.07) is 29.0. The number of fused-ring (bicyclic) bond motifs is 8. The lowest BCUT2D eigenvalue weighted by Gasteiger charge is -2.13. The van der Waals surface area contributed by atoms with Gasteiger partial charge in [-0.1, -0.05) is 85.1 Å². The molecule has 0 aliphatic carbocycles. The maximum absolute atomic E-state index is 6.09. The van der Waals surface area contributed by atoms with Crippen molar-refractivity contribution in [1.29, 1.82) is 0 Å². The molecule has 0 amide bonds. The number of nitrogens with one attached hydrogen (secondary N) is 2. The fourth-order valence-corrected chi connectivity index (χ4v) is 7.18. The van der Waals surface area contributed by atoms with Crippen LogP contribution in [0.25, 0.3) is 68.6 Å². The molecule has 4 aliphatic rings. The molecular formula is C40H26N4O2S2. The number of aromatic nitrogens is 4. The molecule has 9 rings (SSSR count). The van der Waals surface area contributed by atoms with Crippen molar-refractivity contribution in [1.82, 2.24) is 19.9 Å². The molecule has 2 unspecified atom stereocenters. The highest BCUT2D eigenvalue weighted by Gasteiger charge is 2.29. The van der Waals surface area contributed by atoms with Gasteiger partial charge in [0.2, 0.25) is 0 Å². The Hall–Kier alpha value is -5.70. The second kappa shape index (κ2) is 11.5. The van der Waals surface area contributed by atoms with Crippen LogP contribution in [0.15, 0.2) is 110 Å². The van der Waals surface area contributed by atoms with Gasteiger partial charge >= 0.3 is 0 Å². The molecule has 0 saturated carbocycles. The summed E-state index contributed by atoms with van der Waals surface area (Å²) in [6.45, 7) is 0. The highest BCUT2D eigenvalue weighted by Crippen LogP contribution is 2.39. The first kappa shape index (κ1) is 28.5. The van der Waals surface area contributed by atoms with Crippen molar-refractivity contribution in [2.24, 2.45) is 0 Å². The SMILES string of the molecule is S=C1C=COC1c1c2nc(c(C3OC=CC3=S)c3ccc([nH]3)c(-c3ccccc3)c3nc(c(-c4ccccc4)c4ccc1[nH]4)C=C3)C=C2. The number of hydrogen-bond acceptors (Lipinski definition) is 6. The van der Waals surface area contributed by atoms with Gasteiger partial charge in [0, 0.05) is 44.3 Å². The highest BCUT2D eigenvalue weighted by molar-refractivity contribution is 7.81. The second-order valence-corrected chi connectivity index (χ2v) is 12.7. The molecule has 48 heavy (non-hydrogen) atoms. The number of ether oxygens (including phenoxy) is 2. The van der Waals surface area contributed by atoms with E-state index in [-0.39, 0.29) is 0 Å². The lowest BCUT2D eigenvalue weighted by molar-refractivity contribution is 0.222. The molecule has 4 aliphatic heterocycles. The monoisotopic (exact) mass is 658 g/mol. The fourth-order valence-electron chi connectivity index (χ4n) is 6.72. The highest BCUT2D eigenvalue weighted by atomic mass is 32.1. The van der Waals surface area contributed by atoms with Crippen molar-refractivity contribution in [2.45, 2.75) is 12.2 Å². The molecule has 0 fully saturated rings. The topological polar surface area (TPSA) is 75.8 Å². The molecule has 2 aromatic carbocycles. The van der Waals surface area contributed by atoms with Gasteiger partial charge in [-0.25, -0.2) is 9.97 Å². The minimum Gasteiger partial charge on any atom is -0.488 e. The molecule has 6 nitrogen and oxygen atoms in total. The number of H-pyrrole nitrogens is 2. The van der Waals surface area contributed by atoms with Crippen LogP contribution in [0.2, 0.25) is 0 Å². The van der Waals surface area contributed by atoms with Crippen LogP contribution in [-0.2, 0) is 9.47 Å². The number of aromatic amines is 2. The predicted molar refractivity (Wildman–Crippen MR) is 201 cm³/mol. The van der Waals surface area contributed by atoms with Gasteiger partial charge in [-0.3, -0.25) is 0 Å². The molecular weight excluding hydrogens is 633 g/mol. The first-order valence-corrected chi connectivity index (χ1v) is 16.4. The van der Waals surface area contributed by atoms with Crippen LogP contribution in [0.3, 0.4) is 0 Å². The number of hydrogen-bond donors (Lipinski definition) is 2. The van der Waals surface area contributed by atoms with Crippen LogP contribution in [-0.4, -0.2) is 29.7 Å². The van der Waals surface area contributed by atoms with Crippen LogP contribution < -0.4 is 0 Å². The van der Waals surface area contributed by atoms with E-state index in [1.165, 1.54) is 0 Å². The van der Waals surface area contributed by atoms with Crippen LogP contribution >= 0.6 is 24.4 Å². The molecule has 7 heterocycles. The van der Waals surface area contributed by atoms with Gasteiger partial charge in [0.1, 0.15) is 0 Å². The number of thiocarbonyl (C=S) groups is 2. The zero-order chi connectivity index (χ0) is 32.2. The summed E-state index contributed by atoms with van der Waals surface area (Å²) in [5.74, 6) is 0. The van der Waals surface area contributed by atoms with Gasteiger partial charge in [0.25, 0.3) is 0 Å². The number of benzene rings is 2. The maximum atomic E-state index is 6.09. The third-order valence-electron chi connectivity index (χ3n) is 8.90. The van der Waals surface area contributed by atoms with E-state index >= 15 is 0 Å². The molecule has 8 heteroatoms. The van der Waals surface area contributed by atoms with E-state index in [1.807, 2.05) is 60.7 Å². The predicted octanol–water partition coefficient (Wildman–Crippen LogP) is 9.90. The Kier molecular flexibility index (Phi) is 6.85. The molecule has 0 spiro atoms. The summed E-state index contributed by atoms with van der Waals surface area (Å²) in [6.07, 6.45) is 14.2. The van der Waals surface area contributed by atoms with Crippen LogP contribution in [0.5, 0.6) is 0 Å². The number of nitrogens with zero attached hydrogens (tertiary/aromatic N) is 2. The first-order chi connectivity index (χ1) is 23.6. The van der Waals surface area contributed by atoms with Crippen molar-refractivity contribution in [2.75, 3.05) is 0 Å². The van der Waals surface area contributed by atoms with E-state index in [0.29, 0.717) is 9.73 Å².